The maximum Gasteiger partial charge on any atom is 0.237 e. The van der Waals surface area contributed by atoms with Crippen molar-refractivity contribution in [1.82, 2.24) is 10.2 Å². The molecule has 102 valence electrons. The molecule has 4 heteroatoms. The smallest absolute Gasteiger partial charge is 0.237 e. The summed E-state index contributed by atoms with van der Waals surface area (Å²) in [5.74, 6) is -0.135. The second-order valence-corrected chi connectivity index (χ2v) is 5.17. The van der Waals surface area contributed by atoms with E-state index in [-0.39, 0.29) is 23.7 Å². The Morgan fingerprint density at radius 3 is 2.63 bits per heavy atom. The Balaban J connectivity index is 2.08. The average molecular weight is 260 g/mol. The summed E-state index contributed by atoms with van der Waals surface area (Å²) in [4.78, 5) is 25.8. The van der Waals surface area contributed by atoms with E-state index < -0.39 is 0 Å². The van der Waals surface area contributed by atoms with Crippen molar-refractivity contribution in [3.8, 4) is 0 Å². The van der Waals surface area contributed by atoms with Crippen LogP contribution < -0.4 is 5.32 Å². The van der Waals surface area contributed by atoms with E-state index in [0.717, 1.165) is 12.1 Å². The lowest BCUT2D eigenvalue weighted by Gasteiger charge is -2.19. The molecule has 1 aliphatic heterocycles. The summed E-state index contributed by atoms with van der Waals surface area (Å²) in [7, 11) is 1.87. The first-order valence-electron chi connectivity index (χ1n) is 6.67. The molecule has 1 aromatic rings. The summed E-state index contributed by atoms with van der Waals surface area (Å²) in [6, 6.07) is 9.54. The molecule has 1 fully saturated rings. The number of benzene rings is 1. The second-order valence-electron chi connectivity index (χ2n) is 5.17. The first-order valence-corrected chi connectivity index (χ1v) is 6.67. The van der Waals surface area contributed by atoms with Crippen LogP contribution in [0.4, 0.5) is 0 Å². The van der Waals surface area contributed by atoms with E-state index in [2.05, 4.69) is 5.32 Å². The minimum absolute atomic E-state index is 0.0539. The predicted octanol–water partition coefficient (Wildman–Crippen LogP) is 1.38. The molecule has 0 spiro atoms. The fourth-order valence-corrected chi connectivity index (χ4v) is 2.55. The van der Waals surface area contributed by atoms with E-state index in [0.29, 0.717) is 13.0 Å². The van der Waals surface area contributed by atoms with E-state index in [1.165, 1.54) is 4.90 Å². The third kappa shape index (κ3) is 3.01. The number of nitrogens with zero attached hydrogens (tertiary/aromatic N) is 1. The molecule has 0 bridgehead atoms. The maximum absolute atomic E-state index is 12.3. The van der Waals surface area contributed by atoms with Crippen molar-refractivity contribution in [2.24, 2.45) is 5.92 Å². The van der Waals surface area contributed by atoms with Crippen molar-refractivity contribution in [2.75, 3.05) is 20.1 Å². The van der Waals surface area contributed by atoms with E-state index in [1.807, 2.05) is 44.3 Å². The quantitative estimate of drug-likeness (QED) is 0.814. The van der Waals surface area contributed by atoms with Crippen molar-refractivity contribution >= 4 is 11.8 Å². The molecular formula is C15H20N2O2. The van der Waals surface area contributed by atoms with Crippen LogP contribution in [-0.2, 0) is 9.59 Å². The molecule has 0 radical (unpaired) electrons. The van der Waals surface area contributed by atoms with Gasteiger partial charge in [-0.3, -0.25) is 14.5 Å². The summed E-state index contributed by atoms with van der Waals surface area (Å²) in [6.07, 6.45) is 0.301. The molecule has 0 saturated carbocycles. The highest BCUT2D eigenvalue weighted by Crippen LogP contribution is 2.29. The topological polar surface area (TPSA) is 49.4 Å². The molecular weight excluding hydrogens is 240 g/mol. The van der Waals surface area contributed by atoms with E-state index in [4.69, 9.17) is 0 Å². The van der Waals surface area contributed by atoms with Gasteiger partial charge in [0.25, 0.3) is 0 Å². The normalized spacial score (nSPS) is 20.9. The molecule has 1 saturated heterocycles. The highest BCUT2D eigenvalue weighted by atomic mass is 16.2. The number of hydrogen-bond acceptors (Lipinski definition) is 3. The molecule has 0 aliphatic carbocycles. The van der Waals surface area contributed by atoms with Gasteiger partial charge in [0.2, 0.25) is 11.8 Å². The Bertz CT molecular complexity index is 458. The second kappa shape index (κ2) is 5.97. The molecule has 1 heterocycles. The third-order valence-corrected chi connectivity index (χ3v) is 3.49. The summed E-state index contributed by atoms with van der Waals surface area (Å²) >= 11 is 0. The standard InChI is InChI=1S/C15H20N2O2/c1-11(9-16-2)10-17-14(18)8-13(15(17)19)12-6-4-3-5-7-12/h3-7,11,13,16H,8-10H2,1-2H3. The highest BCUT2D eigenvalue weighted by Gasteiger charge is 2.39. The fraction of sp³-hybridized carbons (Fsp3) is 0.467. The lowest BCUT2D eigenvalue weighted by molar-refractivity contribution is -0.139. The third-order valence-electron chi connectivity index (χ3n) is 3.49. The number of carbonyl (C=O) groups excluding carboxylic acids is 2. The molecule has 1 N–H and O–H groups in total. The van der Waals surface area contributed by atoms with Gasteiger partial charge in [0.15, 0.2) is 0 Å². The summed E-state index contributed by atoms with van der Waals surface area (Å²) in [6.45, 7) is 3.34. The molecule has 19 heavy (non-hydrogen) atoms. The summed E-state index contributed by atoms with van der Waals surface area (Å²) < 4.78 is 0. The van der Waals surface area contributed by atoms with Crippen LogP contribution >= 0.6 is 0 Å². The molecule has 2 atom stereocenters. The number of hydrogen-bond donors (Lipinski definition) is 1. The van der Waals surface area contributed by atoms with Crippen molar-refractivity contribution in [3.05, 3.63) is 35.9 Å². The lowest BCUT2D eigenvalue weighted by atomic mass is 9.98. The van der Waals surface area contributed by atoms with Crippen LogP contribution in [0.15, 0.2) is 30.3 Å². The van der Waals surface area contributed by atoms with Crippen LogP contribution in [-0.4, -0.2) is 36.9 Å². The van der Waals surface area contributed by atoms with Crippen molar-refractivity contribution in [2.45, 2.75) is 19.3 Å². The number of rotatable bonds is 5. The minimum Gasteiger partial charge on any atom is -0.319 e. The number of amides is 2. The zero-order valence-corrected chi connectivity index (χ0v) is 11.4. The molecule has 2 unspecified atom stereocenters. The SMILES string of the molecule is CNCC(C)CN1C(=O)CC(c2ccccc2)C1=O. The summed E-state index contributed by atoms with van der Waals surface area (Å²) in [5, 5.41) is 3.06. The van der Waals surface area contributed by atoms with Crippen molar-refractivity contribution in [1.29, 1.82) is 0 Å². The fourth-order valence-electron chi connectivity index (χ4n) is 2.55. The number of carbonyl (C=O) groups is 2. The van der Waals surface area contributed by atoms with Gasteiger partial charge in [-0.15, -0.1) is 0 Å². The first kappa shape index (κ1) is 13.7. The summed E-state index contributed by atoms with van der Waals surface area (Å²) in [5.41, 5.74) is 0.935. The molecule has 2 amide bonds. The minimum atomic E-state index is -0.296. The van der Waals surface area contributed by atoms with Crippen molar-refractivity contribution < 1.29 is 9.59 Å². The van der Waals surface area contributed by atoms with Crippen LogP contribution in [0.25, 0.3) is 0 Å². The van der Waals surface area contributed by atoms with Crippen LogP contribution in [0.2, 0.25) is 0 Å². The first-order chi connectivity index (χ1) is 9.13. The van der Waals surface area contributed by atoms with Gasteiger partial charge in [-0.05, 0) is 25.1 Å². The molecule has 4 nitrogen and oxygen atoms in total. The molecule has 0 aromatic heterocycles. The van der Waals surface area contributed by atoms with Crippen LogP contribution in [0, 0.1) is 5.92 Å². The number of likely N-dealkylation sites (tertiary alicyclic amines) is 1. The van der Waals surface area contributed by atoms with Crippen LogP contribution in [0.1, 0.15) is 24.8 Å². The van der Waals surface area contributed by atoms with Gasteiger partial charge in [0, 0.05) is 13.0 Å². The van der Waals surface area contributed by atoms with Gasteiger partial charge in [0.1, 0.15) is 0 Å². The largest absolute Gasteiger partial charge is 0.319 e. The molecule has 2 rings (SSSR count). The van der Waals surface area contributed by atoms with Crippen molar-refractivity contribution in [3.63, 3.8) is 0 Å². The van der Waals surface area contributed by atoms with E-state index in [9.17, 15) is 9.59 Å². The number of nitrogens with one attached hydrogen (secondary N) is 1. The van der Waals surface area contributed by atoms with Crippen LogP contribution in [0.3, 0.4) is 0 Å². The maximum atomic E-state index is 12.3. The van der Waals surface area contributed by atoms with Gasteiger partial charge in [-0.2, -0.15) is 0 Å². The Kier molecular flexibility index (Phi) is 4.32. The van der Waals surface area contributed by atoms with Gasteiger partial charge >= 0.3 is 0 Å². The monoisotopic (exact) mass is 260 g/mol. The predicted molar refractivity (Wildman–Crippen MR) is 73.6 cm³/mol. The highest BCUT2D eigenvalue weighted by molar-refractivity contribution is 6.06. The molecule has 1 aliphatic rings. The van der Waals surface area contributed by atoms with Gasteiger partial charge < -0.3 is 5.32 Å². The Labute approximate surface area is 113 Å². The zero-order valence-electron chi connectivity index (χ0n) is 11.4. The lowest BCUT2D eigenvalue weighted by Crippen LogP contribution is -2.36. The van der Waals surface area contributed by atoms with Gasteiger partial charge in [-0.1, -0.05) is 37.3 Å². The Hall–Kier alpha value is -1.68. The average Bonchev–Trinajstić information content (AvgIpc) is 2.68. The molecule has 1 aromatic carbocycles. The Morgan fingerprint density at radius 1 is 1.32 bits per heavy atom. The Morgan fingerprint density at radius 2 is 2.00 bits per heavy atom. The van der Waals surface area contributed by atoms with Gasteiger partial charge in [0.05, 0.1) is 5.92 Å². The van der Waals surface area contributed by atoms with E-state index >= 15 is 0 Å². The number of imide groups is 1. The van der Waals surface area contributed by atoms with Gasteiger partial charge in [-0.25, -0.2) is 0 Å². The zero-order chi connectivity index (χ0) is 13.8. The van der Waals surface area contributed by atoms with Crippen LogP contribution in [0.5, 0.6) is 0 Å². The van der Waals surface area contributed by atoms with E-state index in [1.54, 1.807) is 0 Å².